The SMILES string of the molecule is Cc1ccccc1-c1nnc(S[C@H](C)C(=O)Nc2cccc(C(F)(F)F)c2)o1. The van der Waals surface area contributed by atoms with Gasteiger partial charge in [0.2, 0.25) is 11.8 Å². The van der Waals surface area contributed by atoms with Gasteiger partial charge in [-0.05, 0) is 43.7 Å². The van der Waals surface area contributed by atoms with Gasteiger partial charge >= 0.3 is 6.18 Å². The van der Waals surface area contributed by atoms with E-state index >= 15 is 0 Å². The van der Waals surface area contributed by atoms with E-state index in [4.69, 9.17) is 4.42 Å². The van der Waals surface area contributed by atoms with Crippen LogP contribution in [0.5, 0.6) is 0 Å². The Morgan fingerprint density at radius 2 is 1.89 bits per heavy atom. The zero-order valence-electron chi connectivity index (χ0n) is 14.9. The molecule has 2 aromatic carbocycles. The molecule has 0 saturated carbocycles. The highest BCUT2D eigenvalue weighted by molar-refractivity contribution is 8.00. The molecule has 3 rings (SSSR count). The fraction of sp³-hybridized carbons (Fsp3) is 0.211. The molecule has 5 nitrogen and oxygen atoms in total. The van der Waals surface area contributed by atoms with Gasteiger partial charge in [-0.3, -0.25) is 4.79 Å². The number of aromatic nitrogens is 2. The Labute approximate surface area is 163 Å². The van der Waals surface area contributed by atoms with E-state index in [9.17, 15) is 18.0 Å². The number of alkyl halides is 3. The molecule has 0 fully saturated rings. The van der Waals surface area contributed by atoms with Crippen molar-refractivity contribution in [2.45, 2.75) is 30.5 Å². The van der Waals surface area contributed by atoms with Crippen LogP contribution in [-0.2, 0) is 11.0 Å². The molecule has 1 N–H and O–H groups in total. The molecule has 0 radical (unpaired) electrons. The smallest absolute Gasteiger partial charge is 0.411 e. The van der Waals surface area contributed by atoms with Crippen molar-refractivity contribution in [1.29, 1.82) is 0 Å². The summed E-state index contributed by atoms with van der Waals surface area (Å²) in [6, 6.07) is 12.0. The maximum Gasteiger partial charge on any atom is 0.416 e. The zero-order valence-corrected chi connectivity index (χ0v) is 15.8. The number of nitrogens with zero attached hydrogens (tertiary/aromatic N) is 2. The third-order valence-electron chi connectivity index (χ3n) is 3.89. The van der Waals surface area contributed by atoms with Gasteiger partial charge in [0.25, 0.3) is 5.22 Å². The van der Waals surface area contributed by atoms with Crippen LogP contribution in [0.15, 0.2) is 58.2 Å². The highest BCUT2D eigenvalue weighted by Gasteiger charge is 2.30. The number of carbonyl (C=O) groups excluding carboxylic acids is 1. The molecule has 0 aliphatic carbocycles. The summed E-state index contributed by atoms with van der Waals surface area (Å²) < 4.78 is 43.9. The first-order valence-corrected chi connectivity index (χ1v) is 9.16. The molecular weight excluding hydrogens is 391 g/mol. The minimum absolute atomic E-state index is 0.0680. The number of hydrogen-bond donors (Lipinski definition) is 1. The van der Waals surface area contributed by atoms with E-state index < -0.39 is 22.9 Å². The maximum absolute atomic E-state index is 12.8. The number of amides is 1. The summed E-state index contributed by atoms with van der Waals surface area (Å²) in [5.74, 6) is -0.133. The van der Waals surface area contributed by atoms with Crippen molar-refractivity contribution in [3.05, 3.63) is 59.7 Å². The molecule has 9 heteroatoms. The first-order chi connectivity index (χ1) is 13.2. The van der Waals surface area contributed by atoms with Gasteiger partial charge in [0.05, 0.1) is 10.8 Å². The van der Waals surface area contributed by atoms with Crippen LogP contribution >= 0.6 is 11.8 Å². The first-order valence-electron chi connectivity index (χ1n) is 8.28. The fourth-order valence-electron chi connectivity index (χ4n) is 2.40. The zero-order chi connectivity index (χ0) is 20.3. The summed E-state index contributed by atoms with van der Waals surface area (Å²) in [4.78, 5) is 12.3. The van der Waals surface area contributed by atoms with Crippen LogP contribution in [-0.4, -0.2) is 21.4 Å². The summed E-state index contributed by atoms with van der Waals surface area (Å²) in [6.45, 7) is 3.52. The Hall–Kier alpha value is -2.81. The Morgan fingerprint density at radius 3 is 2.61 bits per heavy atom. The van der Waals surface area contributed by atoms with Gasteiger partial charge in [0.1, 0.15) is 0 Å². The molecule has 0 saturated heterocycles. The predicted octanol–water partition coefficient (Wildman–Crippen LogP) is 5.18. The van der Waals surface area contributed by atoms with Gasteiger partial charge in [0, 0.05) is 11.3 Å². The molecule has 1 atom stereocenters. The molecule has 0 spiro atoms. The van der Waals surface area contributed by atoms with E-state index in [1.165, 1.54) is 12.1 Å². The summed E-state index contributed by atoms with van der Waals surface area (Å²) in [7, 11) is 0. The predicted molar refractivity (Wildman–Crippen MR) is 99.9 cm³/mol. The topological polar surface area (TPSA) is 68.0 Å². The third-order valence-corrected chi connectivity index (χ3v) is 4.82. The van der Waals surface area contributed by atoms with E-state index in [0.717, 1.165) is 35.0 Å². The highest BCUT2D eigenvalue weighted by Crippen LogP contribution is 2.31. The van der Waals surface area contributed by atoms with Gasteiger partial charge in [-0.15, -0.1) is 10.2 Å². The lowest BCUT2D eigenvalue weighted by Crippen LogP contribution is -2.22. The molecule has 1 amide bonds. The largest absolute Gasteiger partial charge is 0.416 e. The van der Waals surface area contributed by atoms with Crippen molar-refractivity contribution in [2.24, 2.45) is 0 Å². The average molecular weight is 407 g/mol. The molecule has 3 aromatic rings. The maximum atomic E-state index is 12.8. The average Bonchev–Trinajstić information content (AvgIpc) is 3.09. The minimum Gasteiger partial charge on any atom is -0.411 e. The van der Waals surface area contributed by atoms with E-state index in [1.54, 1.807) is 6.92 Å². The van der Waals surface area contributed by atoms with E-state index in [-0.39, 0.29) is 10.9 Å². The first kappa shape index (κ1) is 19.9. The molecular formula is C19H16F3N3O2S. The van der Waals surface area contributed by atoms with Crippen LogP contribution in [0, 0.1) is 6.92 Å². The number of halogens is 3. The number of aryl methyl sites for hydroxylation is 1. The second-order valence-corrected chi connectivity index (χ2v) is 7.31. The Morgan fingerprint density at radius 1 is 1.14 bits per heavy atom. The van der Waals surface area contributed by atoms with Crippen LogP contribution in [0.25, 0.3) is 11.5 Å². The summed E-state index contributed by atoms with van der Waals surface area (Å²) >= 11 is 1.03. The molecule has 0 aliphatic rings. The van der Waals surface area contributed by atoms with Gasteiger partial charge < -0.3 is 9.73 Å². The summed E-state index contributed by atoms with van der Waals surface area (Å²) in [6.07, 6.45) is -4.48. The molecule has 1 aromatic heterocycles. The van der Waals surface area contributed by atoms with Crippen LogP contribution in [0.1, 0.15) is 18.1 Å². The number of anilines is 1. The van der Waals surface area contributed by atoms with Crippen LogP contribution < -0.4 is 5.32 Å². The number of benzene rings is 2. The number of rotatable bonds is 5. The Bertz CT molecular complexity index is 988. The van der Waals surface area contributed by atoms with Gasteiger partial charge in [-0.25, -0.2) is 0 Å². The van der Waals surface area contributed by atoms with Gasteiger partial charge in [-0.1, -0.05) is 36.0 Å². The van der Waals surface area contributed by atoms with Crippen molar-refractivity contribution in [2.75, 3.05) is 5.32 Å². The highest BCUT2D eigenvalue weighted by atomic mass is 32.2. The van der Waals surface area contributed by atoms with E-state index in [1.807, 2.05) is 31.2 Å². The lowest BCUT2D eigenvalue weighted by Gasteiger charge is -2.12. The molecule has 0 aliphatic heterocycles. The molecule has 1 heterocycles. The van der Waals surface area contributed by atoms with Crippen LogP contribution in [0.2, 0.25) is 0 Å². The van der Waals surface area contributed by atoms with Crippen molar-refractivity contribution < 1.29 is 22.4 Å². The van der Waals surface area contributed by atoms with Gasteiger partial charge in [0.15, 0.2) is 0 Å². The summed E-state index contributed by atoms with van der Waals surface area (Å²) in [5.41, 5.74) is 1.00. The number of carbonyl (C=O) groups is 1. The van der Waals surface area contributed by atoms with Crippen molar-refractivity contribution >= 4 is 23.4 Å². The fourth-order valence-corrected chi connectivity index (χ4v) is 3.08. The van der Waals surface area contributed by atoms with Crippen molar-refractivity contribution in [3.8, 4) is 11.5 Å². The minimum atomic E-state index is -4.48. The van der Waals surface area contributed by atoms with Crippen LogP contribution in [0.4, 0.5) is 18.9 Å². The Kier molecular flexibility index (Phi) is 5.73. The second-order valence-electron chi connectivity index (χ2n) is 6.02. The lowest BCUT2D eigenvalue weighted by molar-refractivity contribution is -0.137. The van der Waals surface area contributed by atoms with E-state index in [2.05, 4.69) is 15.5 Å². The summed E-state index contributed by atoms with van der Waals surface area (Å²) in [5, 5.41) is 9.93. The molecule has 0 unspecified atom stereocenters. The number of nitrogens with one attached hydrogen (secondary N) is 1. The normalized spacial score (nSPS) is 12.6. The quantitative estimate of drug-likeness (QED) is 0.590. The molecule has 28 heavy (non-hydrogen) atoms. The number of hydrogen-bond acceptors (Lipinski definition) is 5. The van der Waals surface area contributed by atoms with Crippen molar-refractivity contribution in [3.63, 3.8) is 0 Å². The van der Waals surface area contributed by atoms with Crippen LogP contribution in [0.3, 0.4) is 0 Å². The van der Waals surface area contributed by atoms with Crippen molar-refractivity contribution in [1.82, 2.24) is 10.2 Å². The molecule has 146 valence electrons. The second kappa shape index (κ2) is 8.05. The third kappa shape index (κ3) is 4.72. The standard InChI is InChI=1S/C19H16F3N3O2S/c1-11-6-3-4-9-15(11)17-24-25-18(27-17)28-12(2)16(26)23-14-8-5-7-13(10-14)19(20,21)22/h3-10,12H,1-2H3,(H,23,26)/t12-/m1/s1. The van der Waals surface area contributed by atoms with Gasteiger partial charge in [-0.2, -0.15) is 13.2 Å². The molecule has 0 bridgehead atoms. The number of thioether (sulfide) groups is 1. The lowest BCUT2D eigenvalue weighted by atomic mass is 10.1. The Balaban J connectivity index is 1.66. The van der Waals surface area contributed by atoms with E-state index in [0.29, 0.717) is 5.89 Å². The monoisotopic (exact) mass is 407 g/mol.